The fourth-order valence-electron chi connectivity index (χ4n) is 10.1. The largest absolute Gasteiger partial charge is 0.508 e. The van der Waals surface area contributed by atoms with Gasteiger partial charge in [0.25, 0.3) is 0 Å². The van der Waals surface area contributed by atoms with Crippen LogP contribution in [0, 0.1) is 11.8 Å². The summed E-state index contributed by atoms with van der Waals surface area (Å²) < 4.78 is 0. The minimum atomic E-state index is -2.27. The summed E-state index contributed by atoms with van der Waals surface area (Å²) in [5.74, 6) is -25.1. The number of aliphatic hydroxyl groups is 3. The third-order valence-electron chi connectivity index (χ3n) is 16.6. The van der Waals surface area contributed by atoms with Gasteiger partial charge in [0.15, 0.2) is 0 Å². The summed E-state index contributed by atoms with van der Waals surface area (Å²) in [6, 6.07) is -16.6. The number of nitrogens with one attached hydrogen (secondary N) is 11. The molecule has 1 aromatic rings. The molecular weight excluding hydrogens is 1410 g/mol. The number of phenols is 1. The second kappa shape index (κ2) is 45.1. The van der Waals surface area contributed by atoms with E-state index in [1.54, 1.807) is 20.8 Å². The fourth-order valence-corrected chi connectivity index (χ4v) is 11.3. The van der Waals surface area contributed by atoms with Gasteiger partial charge in [0.1, 0.15) is 72.2 Å². The van der Waals surface area contributed by atoms with Crippen LogP contribution in [0.4, 0.5) is 0 Å². The van der Waals surface area contributed by atoms with Gasteiger partial charge in [0.05, 0.1) is 49.9 Å². The number of carboxylic acids is 3. The topological polar surface area (TPSA) is 689 Å². The van der Waals surface area contributed by atoms with Crippen molar-refractivity contribution < 1.29 is 122 Å². The number of unbranched alkanes of at least 4 members (excludes halogenated alkanes) is 1. The third-order valence-corrected chi connectivity index (χ3v) is 17.9. The number of rotatable bonds is 49. The first-order chi connectivity index (χ1) is 49.3. The van der Waals surface area contributed by atoms with Gasteiger partial charge in [-0.15, -0.1) is 11.8 Å². The molecule has 42 heteroatoms. The first-order valence-corrected chi connectivity index (χ1v) is 34.5. The maximum Gasteiger partial charge on any atom is 0.326 e. The van der Waals surface area contributed by atoms with Gasteiger partial charge in [0, 0.05) is 25.1 Å². The number of benzene rings is 1. The van der Waals surface area contributed by atoms with E-state index in [9.17, 15) is 122 Å². The number of aromatic hydroxyl groups is 1. The van der Waals surface area contributed by atoms with Crippen LogP contribution in [0.25, 0.3) is 0 Å². The van der Waals surface area contributed by atoms with E-state index in [1.165, 1.54) is 38.1 Å². The Bertz CT molecular complexity index is 3280. The highest BCUT2D eigenvalue weighted by Crippen LogP contribution is 2.26. The second-order valence-corrected chi connectivity index (χ2v) is 26.0. The predicted octanol–water partition coefficient (Wildman–Crippen LogP) is -8.76. The maximum atomic E-state index is 14.4. The number of hydrogen-bond donors (Lipinski definition) is 22. The Kier molecular flexibility index (Phi) is 39.1. The molecule has 41 nitrogen and oxygen atoms in total. The van der Waals surface area contributed by atoms with Gasteiger partial charge in [0.2, 0.25) is 88.6 Å². The lowest BCUT2D eigenvalue weighted by Gasteiger charge is -2.30. The average molecular weight is 1510 g/mol. The number of phenolic OH excluding ortho intramolecular Hbond substituents is 1. The third kappa shape index (κ3) is 30.6. The molecule has 1 aromatic carbocycles. The number of nitrogens with zero attached hydrogens (tertiary/aromatic N) is 1. The molecule has 0 spiro atoms. The van der Waals surface area contributed by atoms with Crippen LogP contribution in [0.2, 0.25) is 0 Å². The Labute approximate surface area is 606 Å². The predicted molar refractivity (Wildman–Crippen MR) is 366 cm³/mol. The number of aliphatic hydroxyl groups excluding tert-OH is 3. The minimum Gasteiger partial charge on any atom is -0.508 e. The normalized spacial score (nSPS) is 16.9. The van der Waals surface area contributed by atoms with Crippen molar-refractivity contribution in [2.75, 3.05) is 32.1 Å². The van der Waals surface area contributed by atoms with Gasteiger partial charge >= 0.3 is 17.9 Å². The van der Waals surface area contributed by atoms with Crippen LogP contribution in [0.1, 0.15) is 118 Å². The summed E-state index contributed by atoms with van der Waals surface area (Å²) in [4.78, 5) is 241. The molecule has 0 aliphatic carbocycles. The average Bonchev–Trinajstić information content (AvgIpc) is 1.80. The summed E-state index contributed by atoms with van der Waals surface area (Å²) in [5.41, 5.74) is 23.0. The SMILES string of the molecule is CC[C@H](C)[C@H](NC(=O)[C@@H](NC(=O)[C@H](CC(=O)O)NC(=O)[C@H](CCC(N)=O)NC(=O)[C@H](CC(N)=O)NC(=O)[C@H](CC(=O)O)NC(=O)[C@H](CSC1CC(=O)N(CC)C1=O)NC(=O)[C@@H](NC(=O)[C@@H](N)Cc1ccc(O)cc1)[C@@H](C)CC)[C@@H](C)O)C(=O)N[C@@H](CO)C(=O)N[C@@H](CO)C(=O)N[C@@H](CCCCN)C(=O)O. The smallest absolute Gasteiger partial charge is 0.326 e. The number of likely N-dealkylation sites (tertiary alicyclic amines) is 1. The number of amides is 15. The van der Waals surface area contributed by atoms with Crippen LogP contribution in [-0.4, -0.2) is 263 Å². The van der Waals surface area contributed by atoms with E-state index in [0.717, 1.165) is 23.6 Å². The number of primary amides is 2. The number of carbonyl (C=O) groups excluding carboxylic acids is 15. The molecule has 0 radical (unpaired) electrons. The zero-order chi connectivity index (χ0) is 79.7. The van der Waals surface area contributed by atoms with Crippen LogP contribution in [-0.2, 0) is 92.7 Å². The highest BCUT2D eigenvalue weighted by molar-refractivity contribution is 8.00. The minimum absolute atomic E-state index is 0.0111. The van der Waals surface area contributed by atoms with Crippen molar-refractivity contribution in [1.82, 2.24) is 63.4 Å². The number of carbonyl (C=O) groups is 18. The van der Waals surface area contributed by atoms with E-state index in [1.807, 2.05) is 16.0 Å². The van der Waals surface area contributed by atoms with Gasteiger partial charge < -0.3 is 117 Å². The van der Waals surface area contributed by atoms with Crippen LogP contribution < -0.4 is 81.4 Å². The van der Waals surface area contributed by atoms with E-state index in [2.05, 4.69) is 42.5 Å². The number of hydrogen-bond acceptors (Lipinski definition) is 25. The first-order valence-electron chi connectivity index (χ1n) is 33.4. The summed E-state index contributed by atoms with van der Waals surface area (Å²) >= 11 is 0.724. The molecule has 586 valence electrons. The molecule has 1 aliphatic heterocycles. The van der Waals surface area contributed by atoms with Crippen LogP contribution in [0.3, 0.4) is 0 Å². The molecule has 16 atom stereocenters. The molecule has 26 N–H and O–H groups in total. The highest BCUT2D eigenvalue weighted by atomic mass is 32.2. The van der Waals surface area contributed by atoms with Gasteiger partial charge in [-0.2, -0.15) is 0 Å². The van der Waals surface area contributed by atoms with Crippen LogP contribution >= 0.6 is 11.8 Å². The molecule has 1 saturated heterocycles. The number of imide groups is 1. The van der Waals surface area contributed by atoms with Crippen molar-refractivity contribution in [3.05, 3.63) is 29.8 Å². The van der Waals surface area contributed by atoms with E-state index < -0.39 is 253 Å². The molecule has 1 fully saturated rings. The van der Waals surface area contributed by atoms with Gasteiger partial charge in [-0.05, 0) is 82.0 Å². The Balaban J connectivity index is 2.49. The van der Waals surface area contributed by atoms with Gasteiger partial charge in [-0.3, -0.25) is 86.4 Å². The van der Waals surface area contributed by atoms with E-state index in [-0.39, 0.29) is 57.4 Å². The molecular formula is C63H98N16O25S. The van der Waals surface area contributed by atoms with Gasteiger partial charge in [-0.1, -0.05) is 52.7 Å². The molecule has 1 aliphatic rings. The maximum absolute atomic E-state index is 14.4. The Morgan fingerprint density at radius 3 is 1.34 bits per heavy atom. The zero-order valence-electron chi connectivity index (χ0n) is 58.7. The Hall–Kier alpha value is -10.2. The molecule has 105 heavy (non-hydrogen) atoms. The molecule has 2 rings (SSSR count). The number of nitrogens with two attached hydrogens (primary N) is 4. The Morgan fingerprint density at radius 2 is 0.914 bits per heavy atom. The monoisotopic (exact) mass is 1510 g/mol. The zero-order valence-corrected chi connectivity index (χ0v) is 59.5. The van der Waals surface area contributed by atoms with E-state index >= 15 is 0 Å². The van der Waals surface area contributed by atoms with Crippen molar-refractivity contribution in [2.45, 2.75) is 202 Å². The lowest BCUT2D eigenvalue weighted by molar-refractivity contribution is -0.143. The second-order valence-electron chi connectivity index (χ2n) is 24.8. The Morgan fingerprint density at radius 1 is 0.514 bits per heavy atom. The number of thioether (sulfide) groups is 1. The molecule has 1 unspecified atom stereocenters. The van der Waals surface area contributed by atoms with Crippen molar-refractivity contribution >= 4 is 118 Å². The van der Waals surface area contributed by atoms with Crippen LogP contribution in [0.15, 0.2) is 24.3 Å². The van der Waals surface area contributed by atoms with Gasteiger partial charge in [-0.25, -0.2) is 4.79 Å². The molecule has 0 bridgehead atoms. The molecule has 0 saturated carbocycles. The fraction of sp³-hybridized carbons (Fsp3) is 0.619. The first kappa shape index (κ1) is 90.9. The van der Waals surface area contributed by atoms with Crippen molar-refractivity contribution in [3.63, 3.8) is 0 Å². The standard InChI is InChI=1S/C63H98N16O25S/c1-7-28(4)48(76-51(91)33(65)20-31-13-15-32(83)16-14-31)60(100)75-41(27-105-42-24-45(86)79(9-3)62(42)102)58(98)72-37(22-46(87)88)54(94)70-36(21-44(67)85)53(93)68-34(17-18-43(66)84)52(92)71-38(23-47(89)90)55(95)78-50(30(6)82)61(101)77-49(29(5)8-2)59(99)74-40(26-81)57(97)73-39(25-80)56(96)69-35(63(103)104)12-10-11-19-64/h13-16,28-30,33-42,48-50,80-83H,7-12,17-27,64-65H2,1-6H3,(H2,66,84)(H2,67,85)(H,68,93)(H,69,96)(H,70,94)(H,71,92)(H,72,98)(H,73,97)(H,74,99)(H,75,100)(H,76,91)(H,77,101)(H,78,95)(H,87,88)(H,89,90)(H,103,104)/t28-,29-,30+,33-,34-,35-,36-,37-,38-,39-,40-,41-,42?,48-,49-,50-/m0/s1. The lowest BCUT2D eigenvalue weighted by atomic mass is 9.97. The number of aliphatic carboxylic acids is 3. The summed E-state index contributed by atoms with van der Waals surface area (Å²) in [5, 5.41) is 93.0. The van der Waals surface area contributed by atoms with E-state index in [4.69, 9.17) is 22.9 Å². The molecule has 15 amide bonds. The summed E-state index contributed by atoms with van der Waals surface area (Å²) in [6.45, 7) is 6.67. The van der Waals surface area contributed by atoms with Crippen molar-refractivity contribution in [2.24, 2.45) is 34.8 Å². The number of carboxylic acid groups (broad SMARTS) is 3. The van der Waals surface area contributed by atoms with Crippen LogP contribution in [0.5, 0.6) is 5.75 Å². The molecule has 0 aromatic heterocycles. The van der Waals surface area contributed by atoms with Crippen molar-refractivity contribution in [1.29, 1.82) is 0 Å². The van der Waals surface area contributed by atoms with E-state index in [0.29, 0.717) is 12.0 Å². The lowest BCUT2D eigenvalue weighted by Crippen LogP contribution is -2.63. The summed E-state index contributed by atoms with van der Waals surface area (Å²) in [7, 11) is 0. The quantitative estimate of drug-likeness (QED) is 0.0213. The molecule has 1 heterocycles. The summed E-state index contributed by atoms with van der Waals surface area (Å²) in [6.07, 6.45) is -6.71. The highest BCUT2D eigenvalue weighted by Gasteiger charge is 2.42. The van der Waals surface area contributed by atoms with Crippen molar-refractivity contribution in [3.8, 4) is 5.75 Å².